The Labute approximate surface area is 115 Å². The predicted molar refractivity (Wildman–Crippen MR) is 80.5 cm³/mol. The van der Waals surface area contributed by atoms with Gasteiger partial charge in [-0.15, -0.1) is 6.42 Å². The van der Waals surface area contributed by atoms with E-state index in [0.717, 1.165) is 38.2 Å². The first-order valence-electron chi connectivity index (χ1n) is 6.74. The van der Waals surface area contributed by atoms with Gasteiger partial charge in [0.05, 0.1) is 24.1 Å². The largest absolute Gasteiger partial charge is 0.379 e. The maximum atomic E-state index is 5.35. The quantitative estimate of drug-likeness (QED) is 0.832. The van der Waals surface area contributed by atoms with Crippen molar-refractivity contribution in [3.8, 4) is 12.3 Å². The molecule has 0 atom stereocenters. The molecule has 0 amide bonds. The highest BCUT2D eigenvalue weighted by atomic mass is 15.1. The Morgan fingerprint density at radius 1 is 1.47 bits per heavy atom. The molecule has 0 bridgehead atoms. The Bertz CT molecular complexity index is 442. The molecule has 1 aliphatic heterocycles. The van der Waals surface area contributed by atoms with Crippen molar-refractivity contribution in [1.29, 1.82) is 0 Å². The van der Waals surface area contributed by atoms with Crippen LogP contribution in [0.2, 0.25) is 0 Å². The lowest BCUT2D eigenvalue weighted by Gasteiger charge is -2.32. The van der Waals surface area contributed by atoms with Crippen LogP contribution in [-0.2, 0) is 0 Å². The number of likely N-dealkylation sites (tertiary alicyclic amines) is 1. The van der Waals surface area contributed by atoms with Crippen LogP contribution in [0.25, 0.3) is 0 Å². The minimum Gasteiger partial charge on any atom is -0.379 e. The van der Waals surface area contributed by atoms with E-state index in [1.54, 1.807) is 0 Å². The molecule has 4 heteroatoms. The van der Waals surface area contributed by atoms with Gasteiger partial charge in [-0.3, -0.25) is 9.88 Å². The van der Waals surface area contributed by atoms with Crippen molar-refractivity contribution >= 4 is 11.4 Å². The van der Waals surface area contributed by atoms with E-state index in [1.165, 1.54) is 5.69 Å². The number of piperidine rings is 1. The fourth-order valence-electron chi connectivity index (χ4n) is 2.47. The van der Waals surface area contributed by atoms with Gasteiger partial charge in [0.2, 0.25) is 0 Å². The van der Waals surface area contributed by atoms with E-state index in [4.69, 9.17) is 6.42 Å². The second kappa shape index (κ2) is 6.44. The predicted octanol–water partition coefficient (Wildman–Crippen LogP) is 1.66. The van der Waals surface area contributed by atoms with Crippen LogP contribution >= 0.6 is 0 Å². The highest BCUT2D eigenvalue weighted by Gasteiger charge is 2.19. The molecular weight excluding hydrogens is 236 g/mol. The van der Waals surface area contributed by atoms with Crippen LogP contribution in [-0.4, -0.2) is 49.7 Å². The molecule has 1 saturated heterocycles. The van der Waals surface area contributed by atoms with Crippen LogP contribution in [0.1, 0.15) is 12.8 Å². The summed E-state index contributed by atoms with van der Waals surface area (Å²) in [6.07, 6.45) is 11.3. The molecule has 2 rings (SSSR count). The van der Waals surface area contributed by atoms with Crippen LogP contribution in [0.4, 0.5) is 11.4 Å². The van der Waals surface area contributed by atoms with Gasteiger partial charge in [0.1, 0.15) is 0 Å². The van der Waals surface area contributed by atoms with Gasteiger partial charge in [-0.25, -0.2) is 0 Å². The Kier molecular flexibility index (Phi) is 4.64. The van der Waals surface area contributed by atoms with E-state index in [2.05, 4.69) is 40.1 Å². The molecule has 4 nitrogen and oxygen atoms in total. The first-order chi connectivity index (χ1) is 9.20. The Balaban J connectivity index is 1.94. The second-order valence-corrected chi connectivity index (χ2v) is 5.19. The molecule has 1 N–H and O–H groups in total. The van der Waals surface area contributed by atoms with Crippen molar-refractivity contribution in [2.45, 2.75) is 18.9 Å². The Morgan fingerprint density at radius 2 is 2.21 bits per heavy atom. The summed E-state index contributed by atoms with van der Waals surface area (Å²) in [7, 11) is 4.10. The number of rotatable bonds is 4. The third-order valence-electron chi connectivity index (χ3n) is 3.54. The number of nitrogens with zero attached hydrogens (tertiary/aromatic N) is 3. The number of aromatic nitrogens is 1. The van der Waals surface area contributed by atoms with Crippen molar-refractivity contribution < 1.29 is 0 Å². The normalized spacial score (nSPS) is 16.9. The topological polar surface area (TPSA) is 31.4 Å². The number of anilines is 2. The summed E-state index contributed by atoms with van der Waals surface area (Å²) in [5.74, 6) is 2.71. The first-order valence-corrected chi connectivity index (χ1v) is 6.74. The maximum absolute atomic E-state index is 5.35. The molecule has 19 heavy (non-hydrogen) atoms. The van der Waals surface area contributed by atoms with E-state index in [9.17, 15) is 0 Å². The number of pyridine rings is 1. The van der Waals surface area contributed by atoms with Gasteiger partial charge in [0.15, 0.2) is 0 Å². The zero-order chi connectivity index (χ0) is 13.7. The summed E-state index contributed by atoms with van der Waals surface area (Å²) in [6.45, 7) is 2.90. The molecule has 1 aliphatic rings. The molecule has 0 spiro atoms. The van der Waals surface area contributed by atoms with Gasteiger partial charge in [-0.2, -0.15) is 0 Å². The number of nitrogens with one attached hydrogen (secondary N) is 1. The number of terminal acetylenes is 1. The molecular formula is C15H22N4. The summed E-state index contributed by atoms with van der Waals surface area (Å²) in [5, 5.41) is 3.61. The monoisotopic (exact) mass is 258 g/mol. The molecule has 0 saturated carbocycles. The first kappa shape index (κ1) is 13.7. The highest BCUT2D eigenvalue weighted by Crippen LogP contribution is 2.25. The van der Waals surface area contributed by atoms with Crippen molar-refractivity contribution in [2.75, 3.05) is 43.9 Å². The van der Waals surface area contributed by atoms with E-state index in [1.807, 2.05) is 18.5 Å². The van der Waals surface area contributed by atoms with Crippen molar-refractivity contribution in [1.82, 2.24) is 9.88 Å². The fourth-order valence-corrected chi connectivity index (χ4v) is 2.47. The summed E-state index contributed by atoms with van der Waals surface area (Å²) in [6, 6.07) is 2.55. The lowest BCUT2D eigenvalue weighted by Crippen LogP contribution is -2.39. The van der Waals surface area contributed by atoms with Crippen LogP contribution in [0.5, 0.6) is 0 Å². The standard InChI is InChI=1S/C15H22N4/c1-4-9-19-10-6-13(7-11-19)17-14-12-16-8-5-15(14)18(2)3/h1,5,8,12-13,17H,6-7,9-11H2,2-3H3. The molecule has 2 heterocycles. The molecule has 1 aromatic heterocycles. The lowest BCUT2D eigenvalue weighted by atomic mass is 10.0. The van der Waals surface area contributed by atoms with Crippen LogP contribution < -0.4 is 10.2 Å². The average Bonchev–Trinajstić information content (AvgIpc) is 2.42. The van der Waals surface area contributed by atoms with E-state index in [-0.39, 0.29) is 0 Å². The zero-order valence-electron chi connectivity index (χ0n) is 11.8. The Morgan fingerprint density at radius 3 is 2.84 bits per heavy atom. The van der Waals surface area contributed by atoms with Crippen molar-refractivity contribution in [3.05, 3.63) is 18.5 Å². The highest BCUT2D eigenvalue weighted by molar-refractivity contribution is 5.68. The minimum atomic E-state index is 0.511. The van der Waals surface area contributed by atoms with E-state index < -0.39 is 0 Å². The van der Waals surface area contributed by atoms with Crippen LogP contribution in [0.3, 0.4) is 0 Å². The molecule has 0 radical (unpaired) electrons. The van der Waals surface area contributed by atoms with Crippen LogP contribution in [0.15, 0.2) is 18.5 Å². The van der Waals surface area contributed by atoms with E-state index in [0.29, 0.717) is 6.04 Å². The number of hydrogen-bond donors (Lipinski definition) is 1. The fraction of sp³-hybridized carbons (Fsp3) is 0.533. The van der Waals surface area contributed by atoms with Gasteiger partial charge in [-0.1, -0.05) is 5.92 Å². The van der Waals surface area contributed by atoms with Crippen molar-refractivity contribution in [2.24, 2.45) is 0 Å². The second-order valence-electron chi connectivity index (χ2n) is 5.19. The van der Waals surface area contributed by atoms with Gasteiger partial charge < -0.3 is 10.2 Å². The van der Waals surface area contributed by atoms with E-state index >= 15 is 0 Å². The summed E-state index contributed by atoms with van der Waals surface area (Å²) < 4.78 is 0. The molecule has 0 aromatic carbocycles. The molecule has 0 unspecified atom stereocenters. The SMILES string of the molecule is C#CCN1CCC(Nc2cnccc2N(C)C)CC1. The molecule has 102 valence electrons. The summed E-state index contributed by atoms with van der Waals surface area (Å²) in [5.41, 5.74) is 2.30. The van der Waals surface area contributed by atoms with Crippen molar-refractivity contribution in [3.63, 3.8) is 0 Å². The van der Waals surface area contributed by atoms with Gasteiger partial charge in [0, 0.05) is 39.4 Å². The molecule has 0 aliphatic carbocycles. The average molecular weight is 258 g/mol. The number of hydrogen-bond acceptors (Lipinski definition) is 4. The zero-order valence-corrected chi connectivity index (χ0v) is 11.8. The smallest absolute Gasteiger partial charge is 0.0766 e. The van der Waals surface area contributed by atoms with Gasteiger partial charge in [-0.05, 0) is 18.9 Å². The lowest BCUT2D eigenvalue weighted by molar-refractivity contribution is 0.243. The summed E-state index contributed by atoms with van der Waals surface area (Å²) in [4.78, 5) is 8.65. The van der Waals surface area contributed by atoms with Gasteiger partial charge in [0.25, 0.3) is 0 Å². The molecule has 1 fully saturated rings. The summed E-state index contributed by atoms with van der Waals surface area (Å²) >= 11 is 0. The third-order valence-corrected chi connectivity index (χ3v) is 3.54. The minimum absolute atomic E-state index is 0.511. The van der Waals surface area contributed by atoms with Crippen LogP contribution in [0, 0.1) is 12.3 Å². The maximum Gasteiger partial charge on any atom is 0.0766 e. The molecule has 1 aromatic rings. The van der Waals surface area contributed by atoms with Gasteiger partial charge >= 0.3 is 0 Å². The Hall–Kier alpha value is -1.73. The third kappa shape index (κ3) is 3.62.